The van der Waals surface area contributed by atoms with Crippen LogP contribution in [0.1, 0.15) is 24.1 Å². The van der Waals surface area contributed by atoms with E-state index in [2.05, 4.69) is 20.5 Å². The van der Waals surface area contributed by atoms with Crippen LogP contribution >= 0.6 is 0 Å². The highest BCUT2D eigenvalue weighted by Crippen LogP contribution is 2.28. The standard InChI is InChI=1S/C14H15N7/c15-19-14-9-3-1-2-4-10(9)18-13-7-11(20-21(13)14)12-8-16-5-6-17-12/h5-8,19H,1-4,15H2. The van der Waals surface area contributed by atoms with Gasteiger partial charge in [0, 0.05) is 29.7 Å². The minimum absolute atomic E-state index is 0.726. The van der Waals surface area contributed by atoms with E-state index in [0.29, 0.717) is 0 Å². The van der Waals surface area contributed by atoms with Crippen LogP contribution < -0.4 is 11.3 Å². The van der Waals surface area contributed by atoms with E-state index < -0.39 is 0 Å². The van der Waals surface area contributed by atoms with Gasteiger partial charge in [-0.15, -0.1) is 0 Å². The summed E-state index contributed by atoms with van der Waals surface area (Å²) in [6, 6.07) is 1.92. The van der Waals surface area contributed by atoms with Crippen LogP contribution in [0, 0.1) is 0 Å². The molecule has 1 aliphatic carbocycles. The number of aryl methyl sites for hydroxylation is 1. The molecule has 3 aromatic rings. The normalized spacial score (nSPS) is 14.1. The van der Waals surface area contributed by atoms with Crippen molar-refractivity contribution in [1.82, 2.24) is 24.6 Å². The van der Waals surface area contributed by atoms with Crippen molar-refractivity contribution < 1.29 is 0 Å². The van der Waals surface area contributed by atoms with Gasteiger partial charge in [0.05, 0.1) is 6.20 Å². The Morgan fingerprint density at radius 2 is 2.05 bits per heavy atom. The van der Waals surface area contributed by atoms with Crippen molar-refractivity contribution in [3.8, 4) is 11.4 Å². The first-order valence-electron chi connectivity index (χ1n) is 7.01. The van der Waals surface area contributed by atoms with Gasteiger partial charge in [-0.2, -0.15) is 9.61 Å². The monoisotopic (exact) mass is 281 g/mol. The summed E-state index contributed by atoms with van der Waals surface area (Å²) < 4.78 is 1.76. The zero-order chi connectivity index (χ0) is 14.2. The number of hydrazine groups is 1. The molecule has 7 heteroatoms. The fourth-order valence-corrected chi connectivity index (χ4v) is 2.85. The number of hydrogen-bond donors (Lipinski definition) is 2. The number of nitrogen functional groups attached to an aromatic ring is 1. The highest BCUT2D eigenvalue weighted by atomic mass is 15.4. The smallest absolute Gasteiger partial charge is 0.158 e. The van der Waals surface area contributed by atoms with Gasteiger partial charge in [-0.3, -0.25) is 9.97 Å². The third-order valence-corrected chi connectivity index (χ3v) is 3.84. The molecule has 4 rings (SSSR count). The zero-order valence-corrected chi connectivity index (χ0v) is 11.5. The van der Waals surface area contributed by atoms with Crippen LogP contribution in [0.4, 0.5) is 5.82 Å². The Hall–Kier alpha value is -2.54. The molecule has 0 radical (unpaired) electrons. The van der Waals surface area contributed by atoms with Gasteiger partial charge in [0.25, 0.3) is 0 Å². The Morgan fingerprint density at radius 1 is 1.14 bits per heavy atom. The van der Waals surface area contributed by atoms with Crippen LogP contribution in [-0.4, -0.2) is 24.6 Å². The minimum Gasteiger partial charge on any atom is -0.308 e. The molecule has 3 N–H and O–H groups in total. The highest BCUT2D eigenvalue weighted by molar-refractivity contribution is 5.64. The molecule has 7 nitrogen and oxygen atoms in total. The number of fused-ring (bicyclic) bond motifs is 2. The fourth-order valence-electron chi connectivity index (χ4n) is 2.85. The Kier molecular flexibility index (Phi) is 2.78. The lowest BCUT2D eigenvalue weighted by molar-refractivity contribution is 0.661. The van der Waals surface area contributed by atoms with E-state index in [1.807, 2.05) is 6.07 Å². The molecule has 106 valence electrons. The van der Waals surface area contributed by atoms with Crippen LogP contribution in [0.3, 0.4) is 0 Å². The van der Waals surface area contributed by atoms with E-state index in [0.717, 1.165) is 47.8 Å². The molecule has 0 saturated heterocycles. The van der Waals surface area contributed by atoms with Crippen molar-refractivity contribution >= 4 is 11.5 Å². The van der Waals surface area contributed by atoms with Crippen molar-refractivity contribution in [1.29, 1.82) is 0 Å². The predicted molar refractivity (Wildman–Crippen MR) is 78.5 cm³/mol. The van der Waals surface area contributed by atoms with Crippen molar-refractivity contribution in [2.45, 2.75) is 25.7 Å². The van der Waals surface area contributed by atoms with E-state index in [1.54, 1.807) is 23.1 Å². The molecule has 0 aromatic carbocycles. The maximum Gasteiger partial charge on any atom is 0.158 e. The van der Waals surface area contributed by atoms with Gasteiger partial charge in [-0.05, 0) is 25.7 Å². The maximum absolute atomic E-state index is 5.72. The second-order valence-corrected chi connectivity index (χ2v) is 5.13. The first-order valence-corrected chi connectivity index (χ1v) is 7.01. The molecule has 3 aromatic heterocycles. The van der Waals surface area contributed by atoms with Crippen LogP contribution in [-0.2, 0) is 12.8 Å². The van der Waals surface area contributed by atoms with Gasteiger partial charge >= 0.3 is 0 Å². The third kappa shape index (κ3) is 1.93. The van der Waals surface area contributed by atoms with Crippen molar-refractivity contribution in [3.63, 3.8) is 0 Å². The summed E-state index contributed by atoms with van der Waals surface area (Å²) in [7, 11) is 0. The fraction of sp³-hybridized carbons (Fsp3) is 0.286. The lowest BCUT2D eigenvalue weighted by Crippen LogP contribution is -2.18. The van der Waals surface area contributed by atoms with Gasteiger partial charge in [0.2, 0.25) is 0 Å². The predicted octanol–water partition coefficient (Wildman–Crippen LogP) is 1.35. The maximum atomic E-state index is 5.72. The molecule has 0 saturated carbocycles. The van der Waals surface area contributed by atoms with Crippen molar-refractivity contribution in [2.75, 3.05) is 5.43 Å². The molecule has 0 fully saturated rings. The zero-order valence-electron chi connectivity index (χ0n) is 11.5. The van der Waals surface area contributed by atoms with Crippen molar-refractivity contribution in [2.24, 2.45) is 5.84 Å². The number of aromatic nitrogens is 5. The lowest BCUT2D eigenvalue weighted by atomic mass is 9.96. The van der Waals surface area contributed by atoms with Crippen LogP contribution in [0.25, 0.3) is 17.0 Å². The molecule has 0 bridgehead atoms. The number of hydrogen-bond acceptors (Lipinski definition) is 6. The molecule has 0 spiro atoms. The molecule has 1 aliphatic rings. The van der Waals surface area contributed by atoms with Crippen molar-refractivity contribution in [3.05, 3.63) is 35.9 Å². The number of nitrogens with two attached hydrogens (primary N) is 1. The average Bonchev–Trinajstić information content (AvgIpc) is 2.97. The summed E-state index contributed by atoms with van der Waals surface area (Å²) in [6.45, 7) is 0. The Balaban J connectivity index is 1.95. The summed E-state index contributed by atoms with van der Waals surface area (Å²) in [5.41, 5.74) is 7.33. The minimum atomic E-state index is 0.726. The molecule has 0 aliphatic heterocycles. The lowest BCUT2D eigenvalue weighted by Gasteiger charge is -2.18. The summed E-state index contributed by atoms with van der Waals surface area (Å²) in [5.74, 6) is 6.55. The third-order valence-electron chi connectivity index (χ3n) is 3.84. The van der Waals surface area contributed by atoms with Gasteiger partial charge in [-0.1, -0.05) is 0 Å². The molecule has 0 amide bonds. The Morgan fingerprint density at radius 3 is 2.86 bits per heavy atom. The van der Waals surface area contributed by atoms with E-state index in [4.69, 9.17) is 10.8 Å². The second kappa shape index (κ2) is 4.78. The first kappa shape index (κ1) is 12.2. The van der Waals surface area contributed by atoms with E-state index in [-0.39, 0.29) is 0 Å². The van der Waals surface area contributed by atoms with E-state index in [9.17, 15) is 0 Å². The van der Waals surface area contributed by atoms with Gasteiger partial charge in [-0.25, -0.2) is 10.8 Å². The number of rotatable bonds is 2. The summed E-state index contributed by atoms with van der Waals surface area (Å²) in [4.78, 5) is 13.1. The molecular weight excluding hydrogens is 266 g/mol. The van der Waals surface area contributed by atoms with Crippen LogP contribution in [0.5, 0.6) is 0 Å². The van der Waals surface area contributed by atoms with E-state index >= 15 is 0 Å². The molecule has 0 unspecified atom stereocenters. The van der Waals surface area contributed by atoms with Gasteiger partial charge in [0.1, 0.15) is 17.2 Å². The largest absolute Gasteiger partial charge is 0.308 e. The number of anilines is 1. The van der Waals surface area contributed by atoms with Gasteiger partial charge in [0.15, 0.2) is 5.65 Å². The first-order chi connectivity index (χ1) is 10.4. The van der Waals surface area contributed by atoms with Crippen LogP contribution in [0.2, 0.25) is 0 Å². The molecule has 21 heavy (non-hydrogen) atoms. The summed E-state index contributed by atoms with van der Waals surface area (Å²) in [5, 5.41) is 4.57. The Labute approximate surface area is 121 Å². The quantitative estimate of drug-likeness (QED) is 0.544. The van der Waals surface area contributed by atoms with Gasteiger partial charge < -0.3 is 5.43 Å². The number of nitrogens with one attached hydrogen (secondary N) is 1. The van der Waals surface area contributed by atoms with Crippen LogP contribution in [0.15, 0.2) is 24.7 Å². The molecular formula is C14H15N7. The topological polar surface area (TPSA) is 94.0 Å². The number of nitrogens with zero attached hydrogens (tertiary/aromatic N) is 5. The SMILES string of the molecule is NNc1c2c(nc3cc(-c4cnccn4)nn13)CCCC2. The summed E-state index contributed by atoms with van der Waals surface area (Å²) >= 11 is 0. The average molecular weight is 281 g/mol. The Bertz CT molecular complexity index is 794. The highest BCUT2D eigenvalue weighted by Gasteiger charge is 2.19. The second-order valence-electron chi connectivity index (χ2n) is 5.13. The summed E-state index contributed by atoms with van der Waals surface area (Å²) in [6.07, 6.45) is 9.29. The molecule has 3 heterocycles. The van der Waals surface area contributed by atoms with E-state index in [1.165, 1.54) is 12.0 Å². The molecule has 0 atom stereocenters.